The van der Waals surface area contributed by atoms with E-state index in [1.165, 1.54) is 0 Å². The van der Waals surface area contributed by atoms with Gasteiger partial charge in [-0.15, -0.1) is 11.3 Å². The first kappa shape index (κ1) is 14.6. The Morgan fingerprint density at radius 3 is 3.14 bits per heavy atom. The van der Waals surface area contributed by atoms with Gasteiger partial charge < -0.3 is 9.26 Å². The second kappa shape index (κ2) is 6.64. The molecule has 114 valence electrons. The van der Waals surface area contributed by atoms with E-state index in [0.717, 1.165) is 48.9 Å². The third-order valence-electron chi connectivity index (χ3n) is 3.68. The van der Waals surface area contributed by atoms with E-state index in [9.17, 15) is 0 Å². The van der Waals surface area contributed by atoms with Gasteiger partial charge in [0.2, 0.25) is 5.89 Å². The zero-order valence-corrected chi connectivity index (χ0v) is 13.2. The molecule has 3 rings (SSSR count). The van der Waals surface area contributed by atoms with Crippen molar-refractivity contribution in [1.82, 2.24) is 20.0 Å². The van der Waals surface area contributed by atoms with Crippen LogP contribution < -0.4 is 0 Å². The molecule has 3 heterocycles. The first-order chi connectivity index (χ1) is 10.3. The molecule has 6 nitrogen and oxygen atoms in total. The summed E-state index contributed by atoms with van der Waals surface area (Å²) in [6.07, 6.45) is 3.03. The lowest BCUT2D eigenvalue weighted by molar-refractivity contribution is 0.184. The van der Waals surface area contributed by atoms with Crippen LogP contribution in [0.4, 0.5) is 0 Å². The van der Waals surface area contributed by atoms with Crippen molar-refractivity contribution in [2.24, 2.45) is 0 Å². The molecule has 1 aliphatic rings. The number of ether oxygens (including phenoxy) is 1. The van der Waals surface area contributed by atoms with Gasteiger partial charge in [-0.1, -0.05) is 12.1 Å². The van der Waals surface area contributed by atoms with Gasteiger partial charge in [0.1, 0.15) is 5.01 Å². The van der Waals surface area contributed by atoms with Crippen LogP contribution in [0.5, 0.6) is 0 Å². The normalized spacial score (nSPS) is 19.4. The van der Waals surface area contributed by atoms with Crippen molar-refractivity contribution in [3.05, 3.63) is 27.8 Å². The second-order valence-electron chi connectivity index (χ2n) is 5.19. The number of rotatable bonds is 6. The molecule has 0 N–H and O–H groups in total. The van der Waals surface area contributed by atoms with Crippen molar-refractivity contribution in [2.75, 3.05) is 13.7 Å². The Morgan fingerprint density at radius 1 is 1.48 bits per heavy atom. The molecule has 0 aromatic carbocycles. The van der Waals surface area contributed by atoms with Crippen LogP contribution in [-0.2, 0) is 24.3 Å². The Labute approximate surface area is 128 Å². The fourth-order valence-electron chi connectivity index (χ4n) is 2.67. The number of hydrogen-bond acceptors (Lipinski definition) is 7. The maximum Gasteiger partial charge on any atom is 0.226 e. The number of nitrogens with zero attached hydrogens (tertiary/aromatic N) is 4. The highest BCUT2D eigenvalue weighted by molar-refractivity contribution is 7.09. The van der Waals surface area contributed by atoms with Crippen molar-refractivity contribution in [3.63, 3.8) is 0 Å². The van der Waals surface area contributed by atoms with Crippen molar-refractivity contribution in [1.29, 1.82) is 0 Å². The molecule has 2 aromatic heterocycles. The van der Waals surface area contributed by atoms with Crippen LogP contribution in [0.15, 0.2) is 9.90 Å². The largest absolute Gasteiger partial charge is 0.378 e. The molecular weight excluding hydrogens is 288 g/mol. The molecule has 21 heavy (non-hydrogen) atoms. The molecule has 2 aromatic rings. The summed E-state index contributed by atoms with van der Waals surface area (Å²) >= 11 is 1.65. The van der Waals surface area contributed by atoms with Crippen molar-refractivity contribution >= 4 is 11.3 Å². The average Bonchev–Trinajstić information content (AvgIpc) is 3.20. The quantitative estimate of drug-likeness (QED) is 0.817. The Hall–Kier alpha value is -1.31. The number of likely N-dealkylation sites (tertiary alicyclic amines) is 1. The molecule has 0 spiro atoms. The Balaban J connectivity index is 1.68. The van der Waals surface area contributed by atoms with Crippen LogP contribution in [0.25, 0.3) is 0 Å². The number of hydrogen-bond donors (Lipinski definition) is 0. The Bertz CT molecular complexity index is 583. The van der Waals surface area contributed by atoms with Crippen LogP contribution >= 0.6 is 11.3 Å². The van der Waals surface area contributed by atoms with Gasteiger partial charge in [0.25, 0.3) is 0 Å². The van der Waals surface area contributed by atoms with Gasteiger partial charge in [0, 0.05) is 25.5 Å². The highest BCUT2D eigenvalue weighted by atomic mass is 32.1. The lowest BCUT2D eigenvalue weighted by atomic mass is 10.2. The van der Waals surface area contributed by atoms with Crippen LogP contribution in [0.2, 0.25) is 0 Å². The lowest BCUT2D eigenvalue weighted by Gasteiger charge is -2.20. The molecule has 1 aliphatic heterocycles. The van der Waals surface area contributed by atoms with E-state index in [1.807, 2.05) is 6.92 Å². The van der Waals surface area contributed by atoms with Gasteiger partial charge in [-0.2, -0.15) is 4.98 Å². The smallest absolute Gasteiger partial charge is 0.226 e. The summed E-state index contributed by atoms with van der Waals surface area (Å²) in [6, 6.07) is 0.252. The van der Waals surface area contributed by atoms with Gasteiger partial charge in [0.15, 0.2) is 5.82 Å². The number of methoxy groups -OCH3 is 1. The van der Waals surface area contributed by atoms with Gasteiger partial charge >= 0.3 is 0 Å². The summed E-state index contributed by atoms with van der Waals surface area (Å²) < 4.78 is 10.4. The van der Waals surface area contributed by atoms with Crippen LogP contribution in [0.3, 0.4) is 0 Å². The van der Waals surface area contributed by atoms with E-state index in [2.05, 4.69) is 25.4 Å². The van der Waals surface area contributed by atoms with E-state index in [-0.39, 0.29) is 6.04 Å². The minimum absolute atomic E-state index is 0.252. The SMILES string of the molecule is CCc1nc([C@H]2CCCN2Cc2csc(COC)n2)no1. The lowest BCUT2D eigenvalue weighted by Crippen LogP contribution is -2.23. The summed E-state index contributed by atoms with van der Waals surface area (Å²) in [5, 5.41) is 7.26. The van der Waals surface area contributed by atoms with Gasteiger partial charge in [-0.05, 0) is 19.4 Å². The Kier molecular flexibility index (Phi) is 4.62. The number of aromatic nitrogens is 3. The predicted molar refractivity (Wildman–Crippen MR) is 78.9 cm³/mol. The molecule has 0 saturated carbocycles. The zero-order valence-electron chi connectivity index (χ0n) is 12.4. The number of thiazole rings is 1. The molecule has 0 amide bonds. The van der Waals surface area contributed by atoms with E-state index >= 15 is 0 Å². The average molecular weight is 308 g/mol. The van der Waals surface area contributed by atoms with Gasteiger partial charge in [0.05, 0.1) is 18.3 Å². The Morgan fingerprint density at radius 2 is 2.38 bits per heavy atom. The highest BCUT2D eigenvalue weighted by Gasteiger charge is 2.30. The second-order valence-corrected chi connectivity index (χ2v) is 6.14. The summed E-state index contributed by atoms with van der Waals surface area (Å²) in [5.41, 5.74) is 1.10. The van der Waals surface area contributed by atoms with Crippen molar-refractivity contribution < 1.29 is 9.26 Å². The number of aryl methyl sites for hydroxylation is 1. The minimum Gasteiger partial charge on any atom is -0.378 e. The first-order valence-corrected chi connectivity index (χ1v) is 8.17. The third kappa shape index (κ3) is 3.30. The van der Waals surface area contributed by atoms with Crippen LogP contribution in [-0.4, -0.2) is 33.7 Å². The molecule has 0 unspecified atom stereocenters. The highest BCUT2D eigenvalue weighted by Crippen LogP contribution is 2.31. The van der Waals surface area contributed by atoms with E-state index < -0.39 is 0 Å². The van der Waals surface area contributed by atoms with Crippen molar-refractivity contribution in [2.45, 2.75) is 45.4 Å². The van der Waals surface area contributed by atoms with Crippen LogP contribution in [0, 0.1) is 0 Å². The molecule has 0 radical (unpaired) electrons. The van der Waals surface area contributed by atoms with E-state index in [0.29, 0.717) is 12.5 Å². The molecule has 1 atom stereocenters. The van der Waals surface area contributed by atoms with Gasteiger partial charge in [-0.25, -0.2) is 4.98 Å². The molecular formula is C14H20N4O2S. The van der Waals surface area contributed by atoms with Crippen LogP contribution in [0.1, 0.15) is 48.2 Å². The maximum absolute atomic E-state index is 5.24. The van der Waals surface area contributed by atoms with Crippen molar-refractivity contribution in [3.8, 4) is 0 Å². The summed E-state index contributed by atoms with van der Waals surface area (Å²) in [4.78, 5) is 11.5. The topological polar surface area (TPSA) is 64.3 Å². The summed E-state index contributed by atoms with van der Waals surface area (Å²) in [5.74, 6) is 1.53. The molecule has 1 fully saturated rings. The first-order valence-electron chi connectivity index (χ1n) is 7.29. The standard InChI is InChI=1S/C14H20N4O2S/c1-3-12-16-14(17-20-12)11-5-4-6-18(11)7-10-9-21-13(15-10)8-19-2/h9,11H,3-8H2,1-2H3/t11-/m1/s1. The third-order valence-corrected chi connectivity index (χ3v) is 4.55. The fourth-order valence-corrected chi connectivity index (χ4v) is 3.43. The summed E-state index contributed by atoms with van der Waals surface area (Å²) in [7, 11) is 1.69. The predicted octanol–water partition coefficient (Wildman–Crippen LogP) is 2.57. The van der Waals surface area contributed by atoms with Gasteiger partial charge in [-0.3, -0.25) is 4.90 Å². The molecule has 0 aliphatic carbocycles. The molecule has 7 heteroatoms. The fraction of sp³-hybridized carbons (Fsp3) is 0.643. The van der Waals surface area contributed by atoms with E-state index in [1.54, 1.807) is 18.4 Å². The molecule has 0 bridgehead atoms. The zero-order chi connectivity index (χ0) is 14.7. The minimum atomic E-state index is 0.252. The van der Waals surface area contributed by atoms with E-state index in [4.69, 9.17) is 9.26 Å². The maximum atomic E-state index is 5.24. The monoisotopic (exact) mass is 308 g/mol. The summed E-state index contributed by atoms with van der Waals surface area (Å²) in [6.45, 7) is 4.49. The molecule has 1 saturated heterocycles.